The van der Waals surface area contributed by atoms with Crippen LogP contribution >= 0.6 is 0 Å². The van der Waals surface area contributed by atoms with Crippen molar-refractivity contribution in [3.8, 4) is 0 Å². The molecule has 0 saturated carbocycles. The maximum Gasteiger partial charge on any atom is 0.374 e. The summed E-state index contributed by atoms with van der Waals surface area (Å²) in [5.41, 5.74) is 5.78. The molecule has 328 valence electrons. The summed E-state index contributed by atoms with van der Waals surface area (Å²) in [7, 11) is -4.75. The van der Waals surface area contributed by atoms with Gasteiger partial charge in [-0.25, -0.2) is 18.0 Å². The zero-order valence-electron chi connectivity index (χ0n) is 35.0. The Morgan fingerprint density at radius 1 is 0.812 bits per heavy atom. The Hall–Kier alpha value is -7.24. The molecule has 0 spiro atoms. The van der Waals surface area contributed by atoms with Crippen LogP contribution in [0.15, 0.2) is 118 Å². The number of anilines is 1. The Morgan fingerprint density at radius 3 is 2.05 bits per heavy atom. The van der Waals surface area contributed by atoms with E-state index >= 15 is 0 Å². The summed E-state index contributed by atoms with van der Waals surface area (Å²) in [4.78, 5) is 84.9. The van der Waals surface area contributed by atoms with Crippen LogP contribution in [0.3, 0.4) is 0 Å². The molecule has 2 saturated heterocycles. The zero-order valence-corrected chi connectivity index (χ0v) is 35.8. The van der Waals surface area contributed by atoms with Gasteiger partial charge in [0.05, 0.1) is 23.3 Å². The molecule has 3 aliphatic heterocycles. The summed E-state index contributed by atoms with van der Waals surface area (Å²) in [5.74, 6) is -3.95. The molecule has 0 bridgehead atoms. The van der Waals surface area contributed by atoms with Gasteiger partial charge in [-0.3, -0.25) is 19.2 Å². The predicted octanol–water partition coefficient (Wildman–Crippen LogP) is 5.43. The molecule has 2 fully saturated rings. The molecule has 16 nitrogen and oxygen atoms in total. The summed E-state index contributed by atoms with van der Waals surface area (Å²) in [6.45, 7) is 6.21. The van der Waals surface area contributed by atoms with E-state index in [-0.39, 0.29) is 37.0 Å². The minimum atomic E-state index is -4.75. The van der Waals surface area contributed by atoms with Crippen molar-refractivity contribution in [3.63, 3.8) is 0 Å². The molecular weight excluding hydrogens is 845 g/mol. The summed E-state index contributed by atoms with van der Waals surface area (Å²) < 4.78 is 44.8. The van der Waals surface area contributed by atoms with E-state index in [1.807, 2.05) is 90.1 Å². The highest BCUT2D eigenvalue weighted by atomic mass is 32.2. The second kappa shape index (κ2) is 17.1. The van der Waals surface area contributed by atoms with E-state index < -0.39 is 57.0 Å². The van der Waals surface area contributed by atoms with Gasteiger partial charge in [-0.1, -0.05) is 80.6 Å². The number of oxazole rings is 1. The normalized spacial score (nSPS) is 17.3. The summed E-state index contributed by atoms with van der Waals surface area (Å²) in [6.07, 6.45) is 5.43. The molecule has 4 aromatic carbocycles. The quantitative estimate of drug-likeness (QED) is 0.0823. The van der Waals surface area contributed by atoms with Gasteiger partial charge in [-0.2, -0.15) is 4.57 Å². The van der Waals surface area contributed by atoms with Crippen LogP contribution < -0.4 is 9.47 Å². The SMILES string of the molecule is CC(C(=O)ON1C(=O)CCC1=O)c1ccc(CN2C(=CC=Cc3oc4ccccc4[n+]3Cc3ccc(CC(=O)ON4C(=O)CCC4=O)cc3)C(C)(C)c3cc(S(=O)(=O)[O-])ccc32)cc1. The maximum atomic E-state index is 12.9. The third kappa shape index (κ3) is 8.71. The molecule has 5 aromatic rings. The first-order valence-electron chi connectivity index (χ1n) is 20.5. The van der Waals surface area contributed by atoms with Crippen molar-refractivity contribution in [1.29, 1.82) is 0 Å². The number of fused-ring (bicyclic) bond motifs is 2. The van der Waals surface area contributed by atoms with Crippen LogP contribution in [-0.4, -0.2) is 58.7 Å². The van der Waals surface area contributed by atoms with Gasteiger partial charge in [0, 0.05) is 60.7 Å². The molecule has 4 amide bonds. The lowest BCUT2D eigenvalue weighted by atomic mass is 9.83. The van der Waals surface area contributed by atoms with Gasteiger partial charge in [0.2, 0.25) is 5.58 Å². The second-order valence-electron chi connectivity index (χ2n) is 16.2. The van der Waals surface area contributed by atoms with Crippen molar-refractivity contribution in [1.82, 2.24) is 10.1 Å². The predicted molar refractivity (Wildman–Crippen MR) is 226 cm³/mol. The summed E-state index contributed by atoms with van der Waals surface area (Å²) in [6, 6.07) is 26.4. The first kappa shape index (κ1) is 43.4. The van der Waals surface area contributed by atoms with Crippen molar-refractivity contribution >= 4 is 68.5 Å². The number of para-hydroxylation sites is 2. The number of carbonyl (C=O) groups excluding carboxylic acids is 6. The van der Waals surface area contributed by atoms with Gasteiger partial charge in [0.15, 0.2) is 6.54 Å². The van der Waals surface area contributed by atoms with Crippen LogP contribution in [0.1, 0.15) is 86.1 Å². The molecule has 1 atom stereocenters. The first-order valence-corrected chi connectivity index (χ1v) is 21.9. The van der Waals surface area contributed by atoms with Gasteiger partial charge < -0.3 is 23.5 Å². The fourth-order valence-corrected chi connectivity index (χ4v) is 8.50. The lowest BCUT2D eigenvalue weighted by Crippen LogP contribution is -2.35. The third-order valence-electron chi connectivity index (χ3n) is 11.6. The molecule has 1 aromatic heterocycles. The topological polar surface area (TPSA) is 205 Å². The molecule has 0 radical (unpaired) electrons. The molecule has 4 heterocycles. The number of hydroxylamine groups is 4. The number of rotatable bonds is 13. The molecule has 1 unspecified atom stereocenters. The van der Waals surface area contributed by atoms with E-state index in [1.54, 1.807) is 37.3 Å². The zero-order chi connectivity index (χ0) is 45.5. The van der Waals surface area contributed by atoms with E-state index in [4.69, 9.17) is 14.1 Å². The number of amides is 4. The van der Waals surface area contributed by atoms with Crippen molar-refractivity contribution in [2.75, 3.05) is 4.90 Å². The van der Waals surface area contributed by atoms with E-state index in [0.717, 1.165) is 22.3 Å². The highest BCUT2D eigenvalue weighted by molar-refractivity contribution is 7.85. The van der Waals surface area contributed by atoms with E-state index in [9.17, 15) is 41.7 Å². The van der Waals surface area contributed by atoms with Gasteiger partial charge in [-0.15, -0.1) is 10.1 Å². The number of benzene rings is 4. The number of hydrogen-bond donors (Lipinski definition) is 0. The van der Waals surface area contributed by atoms with Crippen LogP contribution in [0.2, 0.25) is 0 Å². The number of aromatic nitrogens is 1. The minimum Gasteiger partial charge on any atom is -0.744 e. The molecule has 0 aliphatic carbocycles. The van der Waals surface area contributed by atoms with E-state index in [0.29, 0.717) is 57.1 Å². The Balaban J connectivity index is 1.04. The fraction of sp³-hybridized carbons (Fsp3) is 0.255. The monoisotopic (exact) mass is 886 g/mol. The number of nitrogens with zero attached hydrogens (tertiary/aromatic N) is 4. The van der Waals surface area contributed by atoms with Crippen molar-refractivity contribution in [2.45, 2.75) is 82.2 Å². The lowest BCUT2D eigenvalue weighted by Gasteiger charge is -2.27. The Kier molecular flexibility index (Phi) is 11.6. The molecule has 3 aliphatic rings. The van der Waals surface area contributed by atoms with Gasteiger partial charge in [0.25, 0.3) is 29.1 Å². The molecule has 17 heteroatoms. The minimum absolute atomic E-state index is 0.00957. The highest BCUT2D eigenvalue weighted by Crippen LogP contribution is 2.49. The summed E-state index contributed by atoms with van der Waals surface area (Å²) in [5, 5.41) is 1.05. The third-order valence-corrected chi connectivity index (χ3v) is 12.4. The number of imide groups is 2. The molecule has 64 heavy (non-hydrogen) atoms. The average Bonchev–Trinajstić information content (AvgIpc) is 3.95. The van der Waals surface area contributed by atoms with Crippen LogP contribution in [0.25, 0.3) is 17.2 Å². The van der Waals surface area contributed by atoms with E-state index in [2.05, 4.69) is 0 Å². The number of allylic oxidation sites excluding steroid dienone is 3. The standard InChI is InChI=1S/C47H42N4O12S/c1-29(46(57)63-51-42(54)23-24-43(51)55)33-17-15-32(16-18-33)27-48-36-20-19-34(64(58,59)60)26-35(36)47(2,3)39(48)9-6-10-44-49(37-7-4-5-8-38(37)61-44)28-31-13-11-30(12-14-31)25-45(56)62-50-40(52)21-22-41(50)53/h4-20,26,29H,21-25,27-28H2,1-3H3. The first-order chi connectivity index (χ1) is 30.5. The second-order valence-corrected chi connectivity index (χ2v) is 17.6. The van der Waals surface area contributed by atoms with Crippen molar-refractivity contribution in [2.24, 2.45) is 0 Å². The maximum absolute atomic E-state index is 12.9. The molecular formula is C47H42N4O12S. The number of carbonyl (C=O) groups is 6. The lowest BCUT2D eigenvalue weighted by molar-refractivity contribution is -0.669. The Bertz CT molecular complexity index is 2880. The Labute approximate surface area is 367 Å². The number of hydrogen-bond acceptors (Lipinski definition) is 13. The smallest absolute Gasteiger partial charge is 0.374 e. The molecule has 0 N–H and O–H groups in total. The van der Waals surface area contributed by atoms with Crippen LogP contribution in [0.4, 0.5) is 5.69 Å². The van der Waals surface area contributed by atoms with E-state index in [1.165, 1.54) is 12.1 Å². The van der Waals surface area contributed by atoms with Gasteiger partial charge in [0.1, 0.15) is 10.1 Å². The highest BCUT2D eigenvalue weighted by Gasteiger charge is 2.41. The largest absolute Gasteiger partial charge is 0.744 e. The van der Waals surface area contributed by atoms with Crippen LogP contribution in [0.5, 0.6) is 0 Å². The summed E-state index contributed by atoms with van der Waals surface area (Å²) >= 11 is 0. The van der Waals surface area contributed by atoms with Gasteiger partial charge >= 0.3 is 17.8 Å². The van der Waals surface area contributed by atoms with Crippen LogP contribution in [-0.2, 0) is 73.5 Å². The fourth-order valence-electron chi connectivity index (χ4n) is 8.00. The average molecular weight is 887 g/mol. The van der Waals surface area contributed by atoms with Crippen molar-refractivity contribution in [3.05, 3.63) is 143 Å². The van der Waals surface area contributed by atoms with Crippen LogP contribution in [0, 0.1) is 0 Å². The Morgan fingerprint density at radius 2 is 1.41 bits per heavy atom. The van der Waals surface area contributed by atoms with Crippen molar-refractivity contribution < 1.29 is 60.4 Å². The van der Waals surface area contributed by atoms with Gasteiger partial charge in [-0.05, 0) is 59.5 Å². The molecule has 8 rings (SSSR count).